The van der Waals surface area contributed by atoms with Gasteiger partial charge in [0.25, 0.3) is 0 Å². The smallest absolute Gasteiger partial charge is 0.143 e. The number of nitrogens with zero attached hydrogens (tertiary/aromatic N) is 2. The highest BCUT2D eigenvalue weighted by Gasteiger charge is 2.09. The fourth-order valence-electron chi connectivity index (χ4n) is 2.15. The van der Waals surface area contributed by atoms with Gasteiger partial charge >= 0.3 is 0 Å². The predicted molar refractivity (Wildman–Crippen MR) is 97.0 cm³/mol. The van der Waals surface area contributed by atoms with Crippen LogP contribution >= 0.6 is 22.6 Å². The summed E-state index contributed by atoms with van der Waals surface area (Å²) in [5, 5.41) is 3.39. The van der Waals surface area contributed by atoms with Crippen molar-refractivity contribution in [1.82, 2.24) is 9.97 Å². The average Bonchev–Trinajstić information content (AvgIpc) is 2.45. The lowest BCUT2D eigenvalue weighted by molar-refractivity contribution is 0.908. The molecule has 0 spiro atoms. The van der Waals surface area contributed by atoms with Crippen LogP contribution in [0, 0.1) is 24.3 Å². The molecule has 0 atom stereocenters. The molecule has 112 valence electrons. The van der Waals surface area contributed by atoms with Gasteiger partial charge in [-0.05, 0) is 66.5 Å². The summed E-state index contributed by atoms with van der Waals surface area (Å²) < 4.78 is 1.12. The lowest BCUT2D eigenvalue weighted by atomic mass is 10.0. The third-order valence-electron chi connectivity index (χ3n) is 3.54. The molecule has 21 heavy (non-hydrogen) atoms. The topological polar surface area (TPSA) is 37.8 Å². The molecule has 0 saturated heterocycles. The highest BCUT2D eigenvalue weighted by Crippen LogP contribution is 2.20. The minimum Gasteiger partial charge on any atom is -0.369 e. The van der Waals surface area contributed by atoms with E-state index in [0.29, 0.717) is 0 Å². The van der Waals surface area contributed by atoms with E-state index in [1.54, 1.807) is 0 Å². The van der Waals surface area contributed by atoms with E-state index in [1.165, 1.54) is 16.7 Å². The van der Waals surface area contributed by atoms with Gasteiger partial charge in [-0.15, -0.1) is 0 Å². The number of halogens is 1. The van der Waals surface area contributed by atoms with Crippen molar-refractivity contribution in [2.24, 2.45) is 0 Å². The number of rotatable bonds is 5. The Hall–Kier alpha value is -1.17. The Balaban J connectivity index is 2.26. The van der Waals surface area contributed by atoms with Gasteiger partial charge in [0.1, 0.15) is 11.6 Å². The first-order valence-electron chi connectivity index (χ1n) is 7.34. The van der Waals surface area contributed by atoms with Crippen molar-refractivity contribution in [3.63, 3.8) is 0 Å². The molecule has 0 bridgehead atoms. The molecule has 0 fully saturated rings. The van der Waals surface area contributed by atoms with Gasteiger partial charge in [-0.25, -0.2) is 9.97 Å². The first kappa shape index (κ1) is 16.2. The van der Waals surface area contributed by atoms with Gasteiger partial charge in [0.2, 0.25) is 0 Å². The maximum atomic E-state index is 4.69. The molecule has 1 aromatic carbocycles. The van der Waals surface area contributed by atoms with Crippen molar-refractivity contribution in [1.29, 1.82) is 0 Å². The van der Waals surface area contributed by atoms with Crippen LogP contribution < -0.4 is 5.32 Å². The number of anilines is 1. The molecule has 0 amide bonds. The summed E-state index contributed by atoms with van der Waals surface area (Å²) in [4.78, 5) is 9.32. The van der Waals surface area contributed by atoms with Crippen LogP contribution in [0.1, 0.15) is 41.6 Å². The summed E-state index contributed by atoms with van der Waals surface area (Å²) in [6.07, 6.45) is 1.87. The molecule has 0 aliphatic carbocycles. The van der Waals surface area contributed by atoms with Gasteiger partial charge in [-0.2, -0.15) is 0 Å². The quantitative estimate of drug-likeness (QED) is 0.762. The van der Waals surface area contributed by atoms with Gasteiger partial charge in [0.15, 0.2) is 0 Å². The Morgan fingerprint density at radius 3 is 2.52 bits per heavy atom. The van der Waals surface area contributed by atoms with Crippen molar-refractivity contribution in [3.05, 3.63) is 50.0 Å². The third-order valence-corrected chi connectivity index (χ3v) is 4.83. The Kier molecular flexibility index (Phi) is 5.56. The maximum Gasteiger partial charge on any atom is 0.143 e. The number of nitrogens with one attached hydrogen (secondary N) is 1. The molecule has 0 radical (unpaired) electrons. The zero-order valence-electron chi connectivity index (χ0n) is 13.1. The maximum absolute atomic E-state index is 4.69. The van der Waals surface area contributed by atoms with Crippen molar-refractivity contribution in [2.45, 2.75) is 40.5 Å². The number of aromatic nitrogens is 2. The molecule has 1 heterocycles. The van der Waals surface area contributed by atoms with Crippen LogP contribution in [0.3, 0.4) is 0 Å². The number of aryl methyl sites for hydroxylation is 3. The van der Waals surface area contributed by atoms with E-state index in [9.17, 15) is 0 Å². The van der Waals surface area contributed by atoms with Crippen LogP contribution in [0.25, 0.3) is 0 Å². The minimum atomic E-state index is 0.777. The Morgan fingerprint density at radius 2 is 1.86 bits per heavy atom. The highest BCUT2D eigenvalue weighted by molar-refractivity contribution is 14.1. The minimum absolute atomic E-state index is 0.777. The van der Waals surface area contributed by atoms with Gasteiger partial charge in [0.05, 0.1) is 9.26 Å². The van der Waals surface area contributed by atoms with E-state index in [0.717, 1.165) is 40.3 Å². The molecule has 0 aliphatic rings. The monoisotopic (exact) mass is 395 g/mol. The van der Waals surface area contributed by atoms with Crippen LogP contribution in [-0.2, 0) is 6.42 Å². The van der Waals surface area contributed by atoms with E-state index in [1.807, 2.05) is 6.92 Å². The zero-order valence-corrected chi connectivity index (χ0v) is 15.3. The summed E-state index contributed by atoms with van der Waals surface area (Å²) >= 11 is 2.31. The molecule has 0 aliphatic heterocycles. The summed E-state index contributed by atoms with van der Waals surface area (Å²) in [6.45, 7) is 9.43. The van der Waals surface area contributed by atoms with Crippen LogP contribution in [-0.4, -0.2) is 16.5 Å². The number of benzene rings is 1. The fraction of sp³-hybridized carbons (Fsp3) is 0.412. The SMILES string of the molecule is CCCNc1nc(Cc2ccc(C)c(C)c2)nc(C)c1I. The second kappa shape index (κ2) is 7.20. The van der Waals surface area contributed by atoms with Crippen LogP contribution in [0.2, 0.25) is 0 Å². The molecular formula is C17H22IN3. The molecule has 2 aromatic rings. The molecule has 1 aromatic heterocycles. The van der Waals surface area contributed by atoms with Crippen molar-refractivity contribution in [3.8, 4) is 0 Å². The second-order valence-corrected chi connectivity index (χ2v) is 6.49. The van der Waals surface area contributed by atoms with Crippen LogP contribution in [0.5, 0.6) is 0 Å². The molecule has 4 heteroatoms. The predicted octanol–water partition coefficient (Wildman–Crippen LogP) is 4.42. The van der Waals surface area contributed by atoms with E-state index >= 15 is 0 Å². The molecule has 0 saturated carbocycles. The number of hydrogen-bond acceptors (Lipinski definition) is 3. The zero-order chi connectivity index (χ0) is 15.4. The van der Waals surface area contributed by atoms with Gasteiger partial charge in [-0.3, -0.25) is 0 Å². The van der Waals surface area contributed by atoms with E-state index in [4.69, 9.17) is 0 Å². The summed E-state index contributed by atoms with van der Waals surface area (Å²) in [7, 11) is 0. The van der Waals surface area contributed by atoms with Crippen LogP contribution in [0.4, 0.5) is 5.82 Å². The van der Waals surface area contributed by atoms with Gasteiger partial charge in [-0.1, -0.05) is 25.1 Å². The van der Waals surface area contributed by atoms with Crippen molar-refractivity contribution in [2.75, 3.05) is 11.9 Å². The first-order chi connectivity index (χ1) is 10.0. The standard InChI is InChI=1S/C17H22IN3/c1-5-8-19-17-16(18)13(4)20-15(21-17)10-14-7-6-11(2)12(3)9-14/h6-7,9H,5,8,10H2,1-4H3,(H,19,20,21). The molecule has 0 unspecified atom stereocenters. The lowest BCUT2D eigenvalue weighted by Crippen LogP contribution is -2.09. The molecule has 1 N–H and O–H groups in total. The van der Waals surface area contributed by atoms with Gasteiger partial charge < -0.3 is 5.32 Å². The first-order valence-corrected chi connectivity index (χ1v) is 8.42. The van der Waals surface area contributed by atoms with E-state index < -0.39 is 0 Å². The second-order valence-electron chi connectivity index (χ2n) is 5.41. The van der Waals surface area contributed by atoms with Crippen LogP contribution in [0.15, 0.2) is 18.2 Å². The highest BCUT2D eigenvalue weighted by atomic mass is 127. The summed E-state index contributed by atoms with van der Waals surface area (Å²) in [5.41, 5.74) is 4.95. The normalized spacial score (nSPS) is 10.7. The van der Waals surface area contributed by atoms with Crippen molar-refractivity contribution >= 4 is 28.4 Å². The largest absolute Gasteiger partial charge is 0.369 e. The Bertz CT molecular complexity index is 638. The van der Waals surface area contributed by atoms with E-state index in [-0.39, 0.29) is 0 Å². The Labute approximate surface area is 140 Å². The molecule has 3 nitrogen and oxygen atoms in total. The Morgan fingerprint density at radius 1 is 1.10 bits per heavy atom. The summed E-state index contributed by atoms with van der Waals surface area (Å²) in [6, 6.07) is 6.56. The van der Waals surface area contributed by atoms with Gasteiger partial charge in [0, 0.05) is 13.0 Å². The molecular weight excluding hydrogens is 373 g/mol. The average molecular weight is 395 g/mol. The lowest BCUT2D eigenvalue weighted by Gasteiger charge is -2.11. The molecule has 2 rings (SSSR count). The fourth-order valence-corrected chi connectivity index (χ4v) is 2.58. The third kappa shape index (κ3) is 4.15. The number of hydrogen-bond donors (Lipinski definition) is 1. The van der Waals surface area contributed by atoms with E-state index in [2.05, 4.69) is 76.8 Å². The van der Waals surface area contributed by atoms with Crippen molar-refractivity contribution < 1.29 is 0 Å². The summed E-state index contributed by atoms with van der Waals surface area (Å²) in [5.74, 6) is 1.85.